The van der Waals surface area contributed by atoms with E-state index in [0.29, 0.717) is 0 Å². The zero-order chi connectivity index (χ0) is 18.2. The molecule has 0 saturated carbocycles. The van der Waals surface area contributed by atoms with E-state index in [0.717, 1.165) is 37.7 Å². The molecule has 0 spiro atoms. The first-order chi connectivity index (χ1) is 12.0. The summed E-state index contributed by atoms with van der Waals surface area (Å²) in [6.07, 6.45) is 0.915. The Labute approximate surface area is 155 Å². The number of nitrogens with zero attached hydrogens (tertiary/aromatic N) is 3. The fourth-order valence-electron chi connectivity index (χ4n) is 2.54. The van der Waals surface area contributed by atoms with Gasteiger partial charge in [-0.25, -0.2) is 4.98 Å². The Kier molecular flexibility index (Phi) is 7.40. The number of aliphatic imine (C=N–C) groups is 1. The molecule has 1 heterocycles. The molecule has 5 nitrogen and oxygen atoms in total. The van der Waals surface area contributed by atoms with Crippen molar-refractivity contribution in [3.05, 3.63) is 51.0 Å². The van der Waals surface area contributed by atoms with Gasteiger partial charge in [0.1, 0.15) is 0 Å². The molecule has 6 heteroatoms. The third-order valence-electron chi connectivity index (χ3n) is 3.88. The Balaban J connectivity index is 1.80. The maximum absolute atomic E-state index is 4.57. The van der Waals surface area contributed by atoms with Crippen LogP contribution in [0.1, 0.15) is 26.7 Å². The predicted molar refractivity (Wildman–Crippen MR) is 107 cm³/mol. The molecule has 0 radical (unpaired) electrons. The Hall–Kier alpha value is -1.92. The van der Waals surface area contributed by atoms with Crippen LogP contribution in [0.15, 0.2) is 29.3 Å². The van der Waals surface area contributed by atoms with Crippen molar-refractivity contribution in [3.8, 4) is 0 Å². The van der Waals surface area contributed by atoms with Crippen LogP contribution in [0.4, 0.5) is 0 Å². The van der Waals surface area contributed by atoms with Gasteiger partial charge in [-0.2, -0.15) is 0 Å². The summed E-state index contributed by atoms with van der Waals surface area (Å²) in [4.78, 5) is 12.3. The second-order valence-electron chi connectivity index (χ2n) is 6.41. The molecule has 25 heavy (non-hydrogen) atoms. The number of guanidine groups is 1. The van der Waals surface area contributed by atoms with Crippen molar-refractivity contribution < 1.29 is 0 Å². The summed E-state index contributed by atoms with van der Waals surface area (Å²) in [7, 11) is 5.97. The van der Waals surface area contributed by atoms with Crippen LogP contribution in [-0.2, 0) is 19.5 Å². The average molecular weight is 360 g/mol. The summed E-state index contributed by atoms with van der Waals surface area (Å²) in [6, 6.07) is 8.65. The lowest BCUT2D eigenvalue weighted by Gasteiger charge is -2.13. The monoisotopic (exact) mass is 359 g/mol. The second kappa shape index (κ2) is 9.53. The molecule has 136 valence electrons. The molecule has 1 aromatic heterocycles. The molecule has 0 amide bonds. The molecule has 0 atom stereocenters. The normalized spacial score (nSPS) is 11.8. The summed E-state index contributed by atoms with van der Waals surface area (Å²) in [5.74, 6) is 0.822. The molecule has 2 aromatic rings. The quantitative estimate of drug-likeness (QED) is 0.590. The minimum atomic E-state index is 0.760. The van der Waals surface area contributed by atoms with Gasteiger partial charge < -0.3 is 15.5 Å². The molecule has 0 fully saturated rings. The highest BCUT2D eigenvalue weighted by molar-refractivity contribution is 7.11. The number of rotatable bonds is 7. The van der Waals surface area contributed by atoms with Crippen LogP contribution < -0.4 is 10.6 Å². The first-order valence-electron chi connectivity index (χ1n) is 8.58. The molecule has 2 rings (SSSR count). The molecule has 2 N–H and O–H groups in total. The fraction of sp³-hybridized carbons (Fsp3) is 0.474. The molecular formula is C19H29N5S. The number of aryl methyl sites for hydroxylation is 2. The van der Waals surface area contributed by atoms with Crippen LogP contribution in [0.5, 0.6) is 0 Å². The van der Waals surface area contributed by atoms with Gasteiger partial charge >= 0.3 is 0 Å². The highest BCUT2D eigenvalue weighted by atomic mass is 32.1. The zero-order valence-corrected chi connectivity index (χ0v) is 16.7. The molecule has 0 saturated heterocycles. The Morgan fingerprint density at radius 2 is 1.96 bits per heavy atom. The number of aromatic nitrogens is 1. The third-order valence-corrected chi connectivity index (χ3v) is 5.01. The first kappa shape index (κ1) is 19.4. The van der Waals surface area contributed by atoms with Gasteiger partial charge in [0.15, 0.2) is 5.96 Å². The van der Waals surface area contributed by atoms with E-state index < -0.39 is 0 Å². The summed E-state index contributed by atoms with van der Waals surface area (Å²) >= 11 is 1.77. The standard InChI is InChI=1S/C19H29N5S/c1-14-15(2)25-18(23-14)9-10-21-19(20-3)22-12-16-7-6-8-17(11-16)13-24(4)5/h6-8,11H,9-10,12-13H2,1-5H3,(H2,20,21,22). The van der Waals surface area contributed by atoms with E-state index in [9.17, 15) is 0 Å². The predicted octanol–water partition coefficient (Wildman–Crippen LogP) is 2.73. The van der Waals surface area contributed by atoms with Gasteiger partial charge in [-0.3, -0.25) is 4.99 Å². The summed E-state index contributed by atoms with van der Waals surface area (Å²) in [6.45, 7) is 6.72. The van der Waals surface area contributed by atoms with Crippen LogP contribution in [0.2, 0.25) is 0 Å². The van der Waals surface area contributed by atoms with Crippen molar-refractivity contribution in [2.45, 2.75) is 33.4 Å². The van der Waals surface area contributed by atoms with Crippen LogP contribution in [-0.4, -0.2) is 43.5 Å². The first-order valence-corrected chi connectivity index (χ1v) is 9.39. The topological polar surface area (TPSA) is 52.6 Å². The minimum Gasteiger partial charge on any atom is -0.356 e. The SMILES string of the molecule is CN=C(NCCc1nc(C)c(C)s1)NCc1cccc(CN(C)C)c1. The largest absolute Gasteiger partial charge is 0.356 e. The Morgan fingerprint density at radius 1 is 1.20 bits per heavy atom. The van der Waals surface area contributed by atoms with Gasteiger partial charge in [0.05, 0.1) is 10.7 Å². The summed E-state index contributed by atoms with van der Waals surface area (Å²) in [5.41, 5.74) is 3.72. The minimum absolute atomic E-state index is 0.760. The third kappa shape index (κ3) is 6.48. The lowest BCUT2D eigenvalue weighted by molar-refractivity contribution is 0.402. The fourth-order valence-corrected chi connectivity index (χ4v) is 3.48. The van der Waals surface area contributed by atoms with Gasteiger partial charge in [0, 0.05) is 38.0 Å². The summed E-state index contributed by atoms with van der Waals surface area (Å²) in [5, 5.41) is 7.91. The maximum atomic E-state index is 4.57. The highest BCUT2D eigenvalue weighted by Gasteiger charge is 2.04. The highest BCUT2D eigenvalue weighted by Crippen LogP contribution is 2.16. The zero-order valence-electron chi connectivity index (χ0n) is 15.9. The molecule has 1 aromatic carbocycles. The number of benzene rings is 1. The van der Waals surface area contributed by atoms with Crippen LogP contribution in [0.25, 0.3) is 0 Å². The van der Waals surface area contributed by atoms with E-state index in [1.54, 1.807) is 18.4 Å². The van der Waals surface area contributed by atoms with Gasteiger partial charge in [-0.1, -0.05) is 24.3 Å². The molecule has 0 aliphatic carbocycles. The number of hydrogen-bond acceptors (Lipinski definition) is 4. The van der Waals surface area contributed by atoms with E-state index in [4.69, 9.17) is 0 Å². The van der Waals surface area contributed by atoms with Crippen molar-refractivity contribution >= 4 is 17.3 Å². The van der Waals surface area contributed by atoms with E-state index in [-0.39, 0.29) is 0 Å². The smallest absolute Gasteiger partial charge is 0.191 e. The number of hydrogen-bond donors (Lipinski definition) is 2. The summed E-state index contributed by atoms with van der Waals surface area (Å²) < 4.78 is 0. The molecular weight excluding hydrogens is 330 g/mol. The molecule has 0 unspecified atom stereocenters. The lowest BCUT2D eigenvalue weighted by atomic mass is 10.1. The van der Waals surface area contributed by atoms with Crippen LogP contribution in [0, 0.1) is 13.8 Å². The number of thiazole rings is 1. The molecule has 0 aliphatic rings. The lowest BCUT2D eigenvalue weighted by Crippen LogP contribution is -2.37. The maximum Gasteiger partial charge on any atom is 0.191 e. The van der Waals surface area contributed by atoms with Gasteiger partial charge in [0.2, 0.25) is 0 Å². The Bertz CT molecular complexity index is 686. The van der Waals surface area contributed by atoms with Crippen molar-refractivity contribution in [1.29, 1.82) is 0 Å². The van der Waals surface area contributed by atoms with Crippen LogP contribution in [0.3, 0.4) is 0 Å². The van der Waals surface area contributed by atoms with Gasteiger partial charge in [-0.15, -0.1) is 11.3 Å². The van der Waals surface area contributed by atoms with Crippen molar-refractivity contribution in [3.63, 3.8) is 0 Å². The van der Waals surface area contributed by atoms with Crippen molar-refractivity contribution in [2.24, 2.45) is 4.99 Å². The Morgan fingerprint density at radius 3 is 2.60 bits per heavy atom. The van der Waals surface area contributed by atoms with E-state index in [1.165, 1.54) is 21.0 Å². The second-order valence-corrected chi connectivity index (χ2v) is 7.70. The van der Waals surface area contributed by atoms with Crippen molar-refractivity contribution in [2.75, 3.05) is 27.7 Å². The van der Waals surface area contributed by atoms with Gasteiger partial charge in [-0.05, 0) is 39.1 Å². The van der Waals surface area contributed by atoms with E-state index in [1.807, 2.05) is 0 Å². The molecule has 0 bridgehead atoms. The molecule has 0 aliphatic heterocycles. The average Bonchev–Trinajstić information content (AvgIpc) is 2.88. The van der Waals surface area contributed by atoms with Crippen LogP contribution >= 0.6 is 11.3 Å². The van der Waals surface area contributed by atoms with Crippen molar-refractivity contribution in [1.82, 2.24) is 20.5 Å². The number of nitrogens with one attached hydrogen (secondary N) is 2. The van der Waals surface area contributed by atoms with E-state index >= 15 is 0 Å². The van der Waals surface area contributed by atoms with E-state index in [2.05, 4.69) is 77.7 Å². The van der Waals surface area contributed by atoms with Gasteiger partial charge in [0.25, 0.3) is 0 Å².